The molecule has 70 valence electrons. The van der Waals surface area contributed by atoms with Crippen LogP contribution in [0.3, 0.4) is 0 Å². The van der Waals surface area contributed by atoms with Crippen molar-refractivity contribution in [3.63, 3.8) is 0 Å². The molecule has 0 unspecified atom stereocenters. The number of nitrogens with zero attached hydrogens (tertiary/aromatic N) is 1. The topological polar surface area (TPSA) is 12.9 Å². The molecule has 1 nitrogen and oxygen atoms in total. The van der Waals surface area contributed by atoms with Crippen LogP contribution in [0.5, 0.6) is 0 Å². The van der Waals surface area contributed by atoms with Crippen LogP contribution in [0.1, 0.15) is 0 Å². The van der Waals surface area contributed by atoms with Gasteiger partial charge in [-0.15, -0.1) is 0 Å². The van der Waals surface area contributed by atoms with E-state index in [1.54, 1.807) is 12.4 Å². The Morgan fingerprint density at radius 1 is 1.00 bits per heavy atom. The van der Waals surface area contributed by atoms with E-state index in [9.17, 15) is 0 Å². The molecule has 0 aliphatic rings. The zero-order chi connectivity index (χ0) is 9.97. The molecule has 0 N–H and O–H groups in total. The van der Waals surface area contributed by atoms with Crippen molar-refractivity contribution >= 4 is 27.5 Å². The molecular formula is C11H7BrClN. The van der Waals surface area contributed by atoms with Gasteiger partial charge in [-0.1, -0.05) is 17.7 Å². The number of rotatable bonds is 1. The summed E-state index contributed by atoms with van der Waals surface area (Å²) in [6.45, 7) is 0. The summed E-state index contributed by atoms with van der Waals surface area (Å²) in [7, 11) is 0. The number of hydrogen-bond donors (Lipinski definition) is 0. The van der Waals surface area contributed by atoms with Crippen LogP contribution in [0.25, 0.3) is 11.1 Å². The quantitative estimate of drug-likeness (QED) is 0.756. The van der Waals surface area contributed by atoms with Crippen molar-refractivity contribution in [1.82, 2.24) is 4.98 Å². The number of halogens is 2. The van der Waals surface area contributed by atoms with E-state index in [1.165, 1.54) is 0 Å². The van der Waals surface area contributed by atoms with Crippen molar-refractivity contribution < 1.29 is 0 Å². The fourth-order valence-corrected chi connectivity index (χ4v) is 1.65. The molecule has 14 heavy (non-hydrogen) atoms. The van der Waals surface area contributed by atoms with Gasteiger partial charge in [0.1, 0.15) is 0 Å². The Labute approximate surface area is 95.9 Å². The van der Waals surface area contributed by atoms with E-state index in [0.29, 0.717) is 0 Å². The van der Waals surface area contributed by atoms with E-state index in [0.717, 1.165) is 20.6 Å². The molecule has 0 aliphatic heterocycles. The van der Waals surface area contributed by atoms with Crippen molar-refractivity contribution in [3.8, 4) is 11.1 Å². The third kappa shape index (κ3) is 1.97. The van der Waals surface area contributed by atoms with E-state index in [2.05, 4.69) is 20.9 Å². The Morgan fingerprint density at radius 3 is 2.36 bits per heavy atom. The highest BCUT2D eigenvalue weighted by Gasteiger charge is 2.00. The fourth-order valence-electron chi connectivity index (χ4n) is 1.22. The van der Waals surface area contributed by atoms with Crippen LogP contribution in [0.4, 0.5) is 0 Å². The maximum Gasteiger partial charge on any atom is 0.0554 e. The second-order valence-electron chi connectivity index (χ2n) is 2.86. The Morgan fingerprint density at radius 2 is 1.71 bits per heavy atom. The molecular weight excluding hydrogens is 261 g/mol. The maximum atomic E-state index is 6.00. The van der Waals surface area contributed by atoms with E-state index >= 15 is 0 Å². The first-order valence-electron chi connectivity index (χ1n) is 4.13. The summed E-state index contributed by atoms with van der Waals surface area (Å²) in [6, 6.07) is 9.81. The minimum absolute atomic E-state index is 0.722. The van der Waals surface area contributed by atoms with E-state index in [4.69, 9.17) is 11.6 Å². The van der Waals surface area contributed by atoms with Crippen molar-refractivity contribution in [1.29, 1.82) is 0 Å². The molecule has 0 saturated carbocycles. The van der Waals surface area contributed by atoms with Gasteiger partial charge >= 0.3 is 0 Å². The van der Waals surface area contributed by atoms with Gasteiger partial charge in [-0.25, -0.2) is 0 Å². The average molecular weight is 269 g/mol. The normalized spacial score (nSPS) is 10.1. The van der Waals surface area contributed by atoms with Gasteiger partial charge in [0.15, 0.2) is 0 Å². The number of hydrogen-bond acceptors (Lipinski definition) is 1. The van der Waals surface area contributed by atoms with Crippen LogP contribution >= 0.6 is 27.5 Å². The summed E-state index contributed by atoms with van der Waals surface area (Å²) in [5.41, 5.74) is 2.22. The minimum atomic E-state index is 0.722. The molecule has 0 radical (unpaired) electrons. The lowest BCUT2D eigenvalue weighted by molar-refractivity contribution is 1.33. The number of benzene rings is 1. The van der Waals surface area contributed by atoms with Crippen molar-refractivity contribution in [2.45, 2.75) is 0 Å². The first-order chi connectivity index (χ1) is 6.77. The minimum Gasteiger partial charge on any atom is -0.265 e. The lowest BCUT2D eigenvalue weighted by Gasteiger charge is -2.02. The van der Waals surface area contributed by atoms with Gasteiger partial charge in [-0.3, -0.25) is 4.98 Å². The van der Waals surface area contributed by atoms with Crippen LogP contribution in [0.15, 0.2) is 47.2 Å². The molecule has 1 aromatic heterocycles. The number of aromatic nitrogens is 1. The second-order valence-corrected chi connectivity index (χ2v) is 4.13. The van der Waals surface area contributed by atoms with Gasteiger partial charge in [-0.2, -0.15) is 0 Å². The van der Waals surface area contributed by atoms with Crippen LogP contribution in [-0.2, 0) is 0 Å². The number of pyridine rings is 1. The predicted octanol–water partition coefficient (Wildman–Crippen LogP) is 4.16. The van der Waals surface area contributed by atoms with Gasteiger partial charge < -0.3 is 0 Å². The Hall–Kier alpha value is -0.860. The fraction of sp³-hybridized carbons (Fsp3) is 0. The molecule has 0 spiro atoms. The zero-order valence-electron chi connectivity index (χ0n) is 7.24. The Kier molecular flexibility index (Phi) is 2.85. The van der Waals surface area contributed by atoms with Gasteiger partial charge in [-0.05, 0) is 51.3 Å². The lowest BCUT2D eigenvalue weighted by atomic mass is 10.1. The second kappa shape index (κ2) is 4.11. The lowest BCUT2D eigenvalue weighted by Crippen LogP contribution is -1.78. The van der Waals surface area contributed by atoms with E-state index in [-0.39, 0.29) is 0 Å². The van der Waals surface area contributed by atoms with E-state index in [1.807, 2.05) is 30.3 Å². The predicted molar refractivity (Wildman–Crippen MR) is 62.4 cm³/mol. The molecule has 1 aromatic carbocycles. The molecule has 0 aliphatic carbocycles. The molecule has 0 saturated heterocycles. The largest absolute Gasteiger partial charge is 0.265 e. The molecule has 0 atom stereocenters. The third-order valence-electron chi connectivity index (χ3n) is 1.93. The summed E-state index contributed by atoms with van der Waals surface area (Å²) < 4.78 is 0.914. The summed E-state index contributed by atoms with van der Waals surface area (Å²) >= 11 is 9.36. The molecule has 0 bridgehead atoms. The Bertz CT molecular complexity index is 442. The highest BCUT2D eigenvalue weighted by Crippen LogP contribution is 2.28. The maximum absolute atomic E-state index is 6.00. The molecule has 2 rings (SSSR count). The zero-order valence-corrected chi connectivity index (χ0v) is 9.59. The summed E-state index contributed by atoms with van der Waals surface area (Å²) in [5.74, 6) is 0. The van der Waals surface area contributed by atoms with Crippen molar-refractivity contribution in [2.75, 3.05) is 0 Å². The van der Waals surface area contributed by atoms with Gasteiger partial charge in [0, 0.05) is 16.9 Å². The first-order valence-corrected chi connectivity index (χ1v) is 5.30. The summed E-state index contributed by atoms with van der Waals surface area (Å²) in [6.07, 6.45) is 3.54. The average Bonchev–Trinajstić information content (AvgIpc) is 2.23. The van der Waals surface area contributed by atoms with Gasteiger partial charge in [0.25, 0.3) is 0 Å². The summed E-state index contributed by atoms with van der Waals surface area (Å²) in [4.78, 5) is 3.97. The summed E-state index contributed by atoms with van der Waals surface area (Å²) in [5, 5.41) is 0.722. The van der Waals surface area contributed by atoms with Gasteiger partial charge in [0.2, 0.25) is 0 Å². The monoisotopic (exact) mass is 267 g/mol. The van der Waals surface area contributed by atoms with E-state index < -0.39 is 0 Å². The standard InChI is InChI=1S/C11H7BrClN/c12-10-2-1-9(7-11(10)13)8-3-5-14-6-4-8/h1-7H. The van der Waals surface area contributed by atoms with Crippen LogP contribution in [0.2, 0.25) is 5.02 Å². The smallest absolute Gasteiger partial charge is 0.0554 e. The van der Waals surface area contributed by atoms with Crippen LogP contribution < -0.4 is 0 Å². The van der Waals surface area contributed by atoms with Crippen molar-refractivity contribution in [2.24, 2.45) is 0 Å². The third-order valence-corrected chi connectivity index (χ3v) is 3.17. The van der Waals surface area contributed by atoms with Gasteiger partial charge in [0.05, 0.1) is 5.02 Å². The molecule has 1 heterocycles. The molecule has 0 amide bonds. The molecule has 0 fully saturated rings. The van der Waals surface area contributed by atoms with Crippen LogP contribution in [-0.4, -0.2) is 4.98 Å². The highest BCUT2D eigenvalue weighted by molar-refractivity contribution is 9.10. The van der Waals surface area contributed by atoms with Crippen molar-refractivity contribution in [3.05, 3.63) is 52.2 Å². The molecule has 3 heteroatoms. The first kappa shape index (κ1) is 9.69. The highest BCUT2D eigenvalue weighted by atomic mass is 79.9. The molecule has 2 aromatic rings. The SMILES string of the molecule is Clc1cc(-c2ccncc2)ccc1Br. The Balaban J connectivity index is 2.48. The van der Waals surface area contributed by atoms with Crippen LogP contribution in [0, 0.1) is 0 Å².